The number of hydrogen-bond donors (Lipinski definition) is 1. The van der Waals surface area contributed by atoms with Crippen molar-refractivity contribution in [1.82, 2.24) is 0 Å². The van der Waals surface area contributed by atoms with Crippen molar-refractivity contribution < 1.29 is 10.0 Å². The van der Waals surface area contributed by atoms with Gasteiger partial charge in [0.05, 0.1) is 6.10 Å². The molecular weight excluding hydrogens is 266 g/mol. The molecule has 118 valence electrons. The molecule has 1 rings (SSSR count). The van der Waals surface area contributed by atoms with Crippen molar-refractivity contribution in [2.45, 2.75) is 64.4 Å². The lowest BCUT2D eigenvalue weighted by molar-refractivity contribution is -0.482. The van der Waals surface area contributed by atoms with Gasteiger partial charge in [0.25, 0.3) is 0 Å². The molecule has 0 aromatic heterocycles. The summed E-state index contributed by atoms with van der Waals surface area (Å²) in [7, 11) is 0. The SMILES string of the molecule is CCCCCCCCc1ccc(C(O)CC[N+](=O)[O-])cc1. The number of rotatable bonds is 11. The van der Waals surface area contributed by atoms with E-state index >= 15 is 0 Å². The van der Waals surface area contributed by atoms with Crippen LogP contribution in [0.5, 0.6) is 0 Å². The van der Waals surface area contributed by atoms with Crippen LogP contribution in [-0.2, 0) is 6.42 Å². The molecule has 0 spiro atoms. The molecule has 1 unspecified atom stereocenters. The van der Waals surface area contributed by atoms with Crippen molar-refractivity contribution in [3.8, 4) is 0 Å². The molecule has 1 aromatic rings. The number of benzene rings is 1. The van der Waals surface area contributed by atoms with Crippen LogP contribution < -0.4 is 0 Å². The molecule has 0 bridgehead atoms. The van der Waals surface area contributed by atoms with Crippen LogP contribution in [0.4, 0.5) is 0 Å². The smallest absolute Gasteiger partial charge is 0.206 e. The predicted octanol–water partition coefficient (Wildman–Crippen LogP) is 4.29. The Balaban J connectivity index is 2.28. The van der Waals surface area contributed by atoms with E-state index in [-0.39, 0.29) is 13.0 Å². The Labute approximate surface area is 127 Å². The third-order valence-corrected chi connectivity index (χ3v) is 3.77. The summed E-state index contributed by atoms with van der Waals surface area (Å²) in [6.07, 6.45) is 8.22. The lowest BCUT2D eigenvalue weighted by atomic mass is 10.0. The highest BCUT2D eigenvalue weighted by atomic mass is 16.6. The number of nitro groups is 1. The summed E-state index contributed by atoms with van der Waals surface area (Å²) in [6, 6.07) is 7.82. The van der Waals surface area contributed by atoms with Gasteiger partial charge in [-0.3, -0.25) is 10.1 Å². The molecule has 0 aliphatic carbocycles. The monoisotopic (exact) mass is 293 g/mol. The summed E-state index contributed by atoms with van der Waals surface area (Å²) in [5, 5.41) is 20.1. The number of aryl methyl sites for hydroxylation is 1. The van der Waals surface area contributed by atoms with Gasteiger partial charge in [-0.1, -0.05) is 63.3 Å². The Morgan fingerprint density at radius 1 is 1.10 bits per heavy atom. The molecule has 0 aliphatic heterocycles. The van der Waals surface area contributed by atoms with Crippen LogP contribution in [0.3, 0.4) is 0 Å². The molecule has 0 fully saturated rings. The van der Waals surface area contributed by atoms with Crippen LogP contribution in [0, 0.1) is 10.1 Å². The van der Waals surface area contributed by atoms with E-state index in [4.69, 9.17) is 0 Å². The van der Waals surface area contributed by atoms with Gasteiger partial charge in [-0.05, 0) is 24.0 Å². The Morgan fingerprint density at radius 3 is 2.33 bits per heavy atom. The zero-order valence-electron chi connectivity index (χ0n) is 13.0. The summed E-state index contributed by atoms with van der Waals surface area (Å²) >= 11 is 0. The van der Waals surface area contributed by atoms with E-state index in [9.17, 15) is 15.2 Å². The molecular formula is C17H27NO3. The Morgan fingerprint density at radius 2 is 1.71 bits per heavy atom. The fraction of sp³-hybridized carbons (Fsp3) is 0.647. The van der Waals surface area contributed by atoms with Gasteiger partial charge in [0.1, 0.15) is 0 Å². The van der Waals surface area contributed by atoms with Crippen molar-refractivity contribution in [2.75, 3.05) is 6.54 Å². The Kier molecular flexibility index (Phi) is 8.67. The molecule has 0 heterocycles. The fourth-order valence-electron chi connectivity index (χ4n) is 2.41. The topological polar surface area (TPSA) is 63.4 Å². The quantitative estimate of drug-likeness (QED) is 0.376. The van der Waals surface area contributed by atoms with E-state index < -0.39 is 11.0 Å². The first-order valence-corrected chi connectivity index (χ1v) is 8.02. The lowest BCUT2D eigenvalue weighted by Gasteiger charge is -2.09. The summed E-state index contributed by atoms with van der Waals surface area (Å²) in [6.45, 7) is 2.03. The van der Waals surface area contributed by atoms with Crippen molar-refractivity contribution in [1.29, 1.82) is 0 Å². The van der Waals surface area contributed by atoms with Crippen molar-refractivity contribution in [3.63, 3.8) is 0 Å². The third-order valence-electron chi connectivity index (χ3n) is 3.77. The normalized spacial score (nSPS) is 12.3. The molecule has 1 atom stereocenters. The largest absolute Gasteiger partial charge is 0.388 e. The maximum atomic E-state index is 10.3. The van der Waals surface area contributed by atoms with Crippen molar-refractivity contribution in [3.05, 3.63) is 45.5 Å². The third kappa shape index (κ3) is 7.81. The van der Waals surface area contributed by atoms with Crippen LogP contribution in [0.1, 0.15) is 69.1 Å². The van der Waals surface area contributed by atoms with E-state index in [1.54, 1.807) is 0 Å². The summed E-state index contributed by atoms with van der Waals surface area (Å²) in [4.78, 5) is 9.90. The molecule has 0 amide bonds. The van der Waals surface area contributed by atoms with Gasteiger partial charge in [0.2, 0.25) is 6.54 Å². The first-order valence-electron chi connectivity index (χ1n) is 8.02. The second kappa shape index (κ2) is 10.3. The highest BCUT2D eigenvalue weighted by Crippen LogP contribution is 2.18. The van der Waals surface area contributed by atoms with Gasteiger partial charge in [0.15, 0.2) is 0 Å². The molecule has 0 radical (unpaired) electrons. The van der Waals surface area contributed by atoms with Crippen LogP contribution in [0.2, 0.25) is 0 Å². The van der Waals surface area contributed by atoms with Gasteiger partial charge < -0.3 is 5.11 Å². The van der Waals surface area contributed by atoms with Gasteiger partial charge in [-0.2, -0.15) is 0 Å². The van der Waals surface area contributed by atoms with Gasteiger partial charge >= 0.3 is 0 Å². The predicted molar refractivity (Wildman–Crippen MR) is 85.0 cm³/mol. The molecule has 0 saturated carbocycles. The molecule has 4 heteroatoms. The fourth-order valence-corrected chi connectivity index (χ4v) is 2.41. The maximum absolute atomic E-state index is 10.3. The van der Waals surface area contributed by atoms with Crippen LogP contribution >= 0.6 is 0 Å². The Hall–Kier alpha value is -1.42. The number of hydrogen-bond acceptors (Lipinski definition) is 3. The molecule has 4 nitrogen and oxygen atoms in total. The van der Waals surface area contributed by atoms with E-state index in [1.807, 2.05) is 24.3 Å². The van der Waals surface area contributed by atoms with Crippen molar-refractivity contribution in [2.24, 2.45) is 0 Å². The van der Waals surface area contributed by atoms with Gasteiger partial charge in [-0.15, -0.1) is 0 Å². The van der Waals surface area contributed by atoms with Gasteiger partial charge in [0, 0.05) is 11.3 Å². The van der Waals surface area contributed by atoms with Gasteiger partial charge in [-0.25, -0.2) is 0 Å². The molecule has 0 aliphatic rings. The highest BCUT2D eigenvalue weighted by Gasteiger charge is 2.10. The summed E-state index contributed by atoms with van der Waals surface area (Å²) in [5.74, 6) is 0. The van der Waals surface area contributed by atoms with E-state index in [0.717, 1.165) is 12.0 Å². The second-order valence-corrected chi connectivity index (χ2v) is 5.62. The zero-order valence-corrected chi connectivity index (χ0v) is 13.0. The first kappa shape index (κ1) is 17.6. The van der Waals surface area contributed by atoms with Crippen molar-refractivity contribution >= 4 is 0 Å². The zero-order chi connectivity index (χ0) is 15.5. The van der Waals surface area contributed by atoms with E-state index in [0.29, 0.717) is 0 Å². The second-order valence-electron chi connectivity index (χ2n) is 5.62. The number of aliphatic hydroxyl groups is 1. The summed E-state index contributed by atoms with van der Waals surface area (Å²) < 4.78 is 0. The van der Waals surface area contributed by atoms with Crippen LogP contribution in [0.25, 0.3) is 0 Å². The maximum Gasteiger partial charge on any atom is 0.206 e. The molecule has 1 aromatic carbocycles. The minimum Gasteiger partial charge on any atom is -0.388 e. The van der Waals surface area contributed by atoms with E-state index in [2.05, 4.69) is 6.92 Å². The average Bonchev–Trinajstić information content (AvgIpc) is 2.49. The molecule has 0 saturated heterocycles. The number of aliphatic hydroxyl groups excluding tert-OH is 1. The van der Waals surface area contributed by atoms with Crippen LogP contribution in [-0.4, -0.2) is 16.6 Å². The lowest BCUT2D eigenvalue weighted by Crippen LogP contribution is -2.07. The minimum atomic E-state index is -0.738. The highest BCUT2D eigenvalue weighted by molar-refractivity contribution is 5.24. The standard InChI is InChI=1S/C17H27NO3/c1-2-3-4-5-6-7-8-15-9-11-16(12-10-15)17(19)13-14-18(20)21/h9-12,17,19H,2-8,13-14H2,1H3. The average molecular weight is 293 g/mol. The first-order chi connectivity index (χ1) is 10.1. The molecule has 21 heavy (non-hydrogen) atoms. The van der Waals surface area contributed by atoms with E-state index in [1.165, 1.54) is 44.1 Å². The molecule has 1 N–H and O–H groups in total. The number of nitrogens with zero attached hydrogens (tertiary/aromatic N) is 1. The number of unbranched alkanes of at least 4 members (excludes halogenated alkanes) is 5. The summed E-state index contributed by atoms with van der Waals surface area (Å²) in [5.41, 5.74) is 2.04. The minimum absolute atomic E-state index is 0.170. The van der Waals surface area contributed by atoms with Crippen LogP contribution in [0.15, 0.2) is 24.3 Å². The Bertz CT molecular complexity index is 403.